The highest BCUT2D eigenvalue weighted by Gasteiger charge is 2.16. The molecule has 1 saturated carbocycles. The van der Waals surface area contributed by atoms with Crippen molar-refractivity contribution in [3.05, 3.63) is 12.3 Å². The molecule has 1 N–H and O–H groups in total. The van der Waals surface area contributed by atoms with E-state index in [1.165, 1.54) is 32.1 Å². The Bertz CT molecular complexity index is 421. The number of aromatic nitrogens is 2. The van der Waals surface area contributed by atoms with Gasteiger partial charge in [-0.1, -0.05) is 39.0 Å². The maximum Gasteiger partial charge on any atom is 0.225 e. The van der Waals surface area contributed by atoms with Crippen LogP contribution in [0.5, 0.6) is 0 Å². The van der Waals surface area contributed by atoms with Gasteiger partial charge in [0.25, 0.3) is 0 Å². The van der Waals surface area contributed by atoms with Crippen LogP contribution in [0.25, 0.3) is 0 Å². The molecule has 2 rings (SSSR count). The molecule has 0 bridgehead atoms. The quantitative estimate of drug-likeness (QED) is 0.849. The van der Waals surface area contributed by atoms with E-state index in [0.29, 0.717) is 12.5 Å². The van der Waals surface area contributed by atoms with E-state index in [1.54, 1.807) is 6.20 Å². The molecule has 1 aromatic rings. The van der Waals surface area contributed by atoms with Crippen LogP contribution in [-0.4, -0.2) is 15.7 Å². The first-order valence-corrected chi connectivity index (χ1v) is 8.04. The van der Waals surface area contributed by atoms with Gasteiger partial charge in [0, 0.05) is 12.5 Å². The molecule has 0 saturated heterocycles. The van der Waals surface area contributed by atoms with Crippen LogP contribution in [-0.2, 0) is 4.79 Å². The number of hydrogen-bond donors (Lipinski definition) is 1. The second-order valence-electron chi connectivity index (χ2n) is 6.01. The van der Waals surface area contributed by atoms with Gasteiger partial charge in [-0.15, -0.1) is 0 Å². The fourth-order valence-corrected chi connectivity index (χ4v) is 2.95. The van der Waals surface area contributed by atoms with Crippen molar-refractivity contribution in [1.29, 1.82) is 0 Å². The lowest BCUT2D eigenvalue weighted by Gasteiger charge is -2.21. The van der Waals surface area contributed by atoms with Gasteiger partial charge in [-0.05, 0) is 25.7 Å². The number of rotatable bonds is 6. The van der Waals surface area contributed by atoms with Crippen LogP contribution in [0.15, 0.2) is 12.3 Å². The predicted octanol–water partition coefficient (Wildman–Crippen LogP) is 4.15. The summed E-state index contributed by atoms with van der Waals surface area (Å²) in [5.41, 5.74) is 0. The molecule has 1 aliphatic rings. The highest BCUT2D eigenvalue weighted by Crippen LogP contribution is 2.27. The molecule has 20 heavy (non-hydrogen) atoms. The monoisotopic (exact) mass is 277 g/mol. The van der Waals surface area contributed by atoms with Crippen molar-refractivity contribution in [2.75, 3.05) is 5.32 Å². The van der Waals surface area contributed by atoms with Gasteiger partial charge in [0.1, 0.15) is 5.82 Å². The van der Waals surface area contributed by atoms with Gasteiger partial charge in [0.05, 0.1) is 12.2 Å². The fourth-order valence-electron chi connectivity index (χ4n) is 2.95. The van der Waals surface area contributed by atoms with E-state index in [2.05, 4.69) is 24.3 Å². The third kappa shape index (κ3) is 4.09. The summed E-state index contributed by atoms with van der Waals surface area (Å²) in [5, 5.41) is 7.30. The van der Waals surface area contributed by atoms with E-state index < -0.39 is 0 Å². The second-order valence-corrected chi connectivity index (χ2v) is 6.01. The molecule has 0 aliphatic heterocycles. The molecule has 1 fully saturated rings. The zero-order chi connectivity index (χ0) is 14.4. The molecule has 1 aliphatic carbocycles. The van der Waals surface area contributed by atoms with Crippen LogP contribution in [0.4, 0.5) is 5.82 Å². The van der Waals surface area contributed by atoms with Crippen molar-refractivity contribution in [3.63, 3.8) is 0 Å². The molecule has 1 aromatic heterocycles. The van der Waals surface area contributed by atoms with Gasteiger partial charge < -0.3 is 5.32 Å². The largest absolute Gasteiger partial charge is 0.311 e. The molecule has 112 valence electrons. The molecule has 4 nitrogen and oxygen atoms in total. The number of amides is 1. The topological polar surface area (TPSA) is 46.9 Å². The van der Waals surface area contributed by atoms with Gasteiger partial charge in [0.2, 0.25) is 5.91 Å². The fraction of sp³-hybridized carbons (Fsp3) is 0.750. The molecule has 1 amide bonds. The van der Waals surface area contributed by atoms with Crippen LogP contribution in [0.1, 0.15) is 71.3 Å². The molecule has 1 heterocycles. The number of anilines is 1. The van der Waals surface area contributed by atoms with Crippen LogP contribution in [0.2, 0.25) is 0 Å². The molecule has 0 aromatic carbocycles. The lowest BCUT2D eigenvalue weighted by Crippen LogP contribution is -2.18. The minimum atomic E-state index is 0.126. The molecular weight excluding hydrogens is 250 g/mol. The molecule has 1 atom stereocenters. The van der Waals surface area contributed by atoms with E-state index >= 15 is 0 Å². The number of carbonyl (C=O) groups excluding carboxylic acids is 1. The Morgan fingerprint density at radius 2 is 2.20 bits per heavy atom. The van der Waals surface area contributed by atoms with Gasteiger partial charge in [-0.2, -0.15) is 5.10 Å². The zero-order valence-electron chi connectivity index (χ0n) is 12.8. The molecular formula is C16H27N3O. The van der Waals surface area contributed by atoms with Crippen molar-refractivity contribution in [2.24, 2.45) is 5.92 Å². The average Bonchev–Trinajstić information content (AvgIpc) is 2.93. The van der Waals surface area contributed by atoms with E-state index in [9.17, 15) is 4.79 Å². The molecule has 4 heteroatoms. The zero-order valence-corrected chi connectivity index (χ0v) is 12.8. The van der Waals surface area contributed by atoms with Crippen LogP contribution in [0.3, 0.4) is 0 Å². The standard InChI is InChI=1S/C16H27N3O/c1-3-13(2)19-15(11-12-17-19)18-16(20)10-9-14-7-5-4-6-8-14/h11-14H,3-10H2,1-2H3,(H,18,20). The predicted molar refractivity (Wildman–Crippen MR) is 81.7 cm³/mol. The maximum absolute atomic E-state index is 12.1. The second kappa shape index (κ2) is 7.46. The van der Waals surface area contributed by atoms with E-state index in [4.69, 9.17) is 0 Å². The first-order chi connectivity index (χ1) is 9.70. The number of carbonyl (C=O) groups is 1. The molecule has 0 spiro atoms. The number of hydrogen-bond acceptors (Lipinski definition) is 2. The van der Waals surface area contributed by atoms with Crippen molar-refractivity contribution in [3.8, 4) is 0 Å². The van der Waals surface area contributed by atoms with Gasteiger partial charge in [-0.3, -0.25) is 4.79 Å². The summed E-state index contributed by atoms with van der Waals surface area (Å²) >= 11 is 0. The van der Waals surface area contributed by atoms with Crippen LogP contribution in [0, 0.1) is 5.92 Å². The normalized spacial score (nSPS) is 17.9. The summed E-state index contributed by atoms with van der Waals surface area (Å²) in [5.74, 6) is 1.71. The Morgan fingerprint density at radius 1 is 1.45 bits per heavy atom. The summed E-state index contributed by atoms with van der Waals surface area (Å²) in [6, 6.07) is 2.20. The average molecular weight is 277 g/mol. The summed E-state index contributed by atoms with van der Waals surface area (Å²) in [6.07, 6.45) is 11.1. The lowest BCUT2D eigenvalue weighted by molar-refractivity contribution is -0.116. The highest BCUT2D eigenvalue weighted by molar-refractivity contribution is 5.89. The lowest BCUT2D eigenvalue weighted by atomic mass is 9.86. The first-order valence-electron chi connectivity index (χ1n) is 8.04. The van der Waals surface area contributed by atoms with Gasteiger partial charge >= 0.3 is 0 Å². The Hall–Kier alpha value is -1.32. The van der Waals surface area contributed by atoms with Gasteiger partial charge in [0.15, 0.2) is 0 Å². The van der Waals surface area contributed by atoms with Crippen molar-refractivity contribution in [2.45, 2.75) is 71.3 Å². The molecule has 1 unspecified atom stereocenters. The first kappa shape index (κ1) is 15.1. The Labute approximate surface area is 121 Å². The Balaban J connectivity index is 1.80. The number of nitrogens with zero attached hydrogens (tertiary/aromatic N) is 2. The van der Waals surface area contributed by atoms with Crippen molar-refractivity contribution < 1.29 is 4.79 Å². The van der Waals surface area contributed by atoms with E-state index in [-0.39, 0.29) is 5.91 Å². The van der Waals surface area contributed by atoms with Crippen LogP contribution >= 0.6 is 0 Å². The summed E-state index contributed by atoms with van der Waals surface area (Å²) in [4.78, 5) is 12.1. The van der Waals surface area contributed by atoms with E-state index in [0.717, 1.165) is 24.6 Å². The van der Waals surface area contributed by atoms with Crippen LogP contribution < -0.4 is 5.32 Å². The van der Waals surface area contributed by atoms with Crippen molar-refractivity contribution >= 4 is 11.7 Å². The third-order valence-corrected chi connectivity index (χ3v) is 4.45. The number of nitrogens with one attached hydrogen (secondary N) is 1. The van der Waals surface area contributed by atoms with E-state index in [1.807, 2.05) is 10.7 Å². The Morgan fingerprint density at radius 3 is 2.90 bits per heavy atom. The SMILES string of the molecule is CCC(C)n1nccc1NC(=O)CCC1CCCCC1. The highest BCUT2D eigenvalue weighted by atomic mass is 16.1. The van der Waals surface area contributed by atoms with Gasteiger partial charge in [-0.25, -0.2) is 4.68 Å². The summed E-state index contributed by atoms with van der Waals surface area (Å²) in [6.45, 7) is 4.24. The third-order valence-electron chi connectivity index (χ3n) is 4.45. The maximum atomic E-state index is 12.1. The minimum Gasteiger partial charge on any atom is -0.311 e. The summed E-state index contributed by atoms with van der Waals surface area (Å²) < 4.78 is 1.90. The van der Waals surface area contributed by atoms with Crippen molar-refractivity contribution in [1.82, 2.24) is 9.78 Å². The molecule has 0 radical (unpaired) electrons. The summed E-state index contributed by atoms with van der Waals surface area (Å²) in [7, 11) is 0. The Kier molecular flexibility index (Phi) is 5.62. The smallest absolute Gasteiger partial charge is 0.225 e. The minimum absolute atomic E-state index is 0.126.